The first kappa shape index (κ1) is 24.2. The van der Waals surface area contributed by atoms with Gasteiger partial charge in [0.05, 0.1) is 19.6 Å². The second-order valence-electron chi connectivity index (χ2n) is 5.01. The fraction of sp³-hybridized carbons (Fsp3) is 0.400. The minimum absolute atomic E-state index is 0.0117. The van der Waals surface area contributed by atoms with Crippen molar-refractivity contribution >= 4 is 41.2 Å². The van der Waals surface area contributed by atoms with E-state index in [1.54, 1.807) is 18.2 Å². The van der Waals surface area contributed by atoms with Crippen LogP contribution in [0.15, 0.2) is 23.2 Å². The van der Waals surface area contributed by atoms with Gasteiger partial charge in [-0.15, -0.1) is 10.1 Å². The highest BCUT2D eigenvalue weighted by atomic mass is 35.5. The first-order chi connectivity index (χ1) is 13.8. The van der Waals surface area contributed by atoms with E-state index in [4.69, 9.17) is 33.7 Å². The highest BCUT2D eigenvalue weighted by molar-refractivity contribution is 6.36. The summed E-state index contributed by atoms with van der Waals surface area (Å²) in [6.07, 6.45) is -1.16. The molecular formula is C15H18Cl2N4O8. The molecule has 0 aliphatic rings. The molecule has 0 spiro atoms. The molecule has 14 heteroatoms. The van der Waals surface area contributed by atoms with Crippen molar-refractivity contribution in [2.24, 2.45) is 10.7 Å². The molecule has 12 nitrogen and oxygen atoms in total. The van der Waals surface area contributed by atoms with E-state index in [-0.39, 0.29) is 38.8 Å². The molecule has 0 bridgehead atoms. The summed E-state index contributed by atoms with van der Waals surface area (Å²) in [5.41, 5.74) is 5.96. The van der Waals surface area contributed by atoms with Crippen LogP contribution >= 0.6 is 23.2 Å². The Bertz CT molecular complexity index is 727. The molecule has 0 fully saturated rings. The van der Waals surface area contributed by atoms with E-state index in [1.807, 2.05) is 0 Å². The molecule has 0 heterocycles. The number of nitrogens with two attached hydrogens (primary N) is 1. The number of carbonyl (C=O) groups excluding carboxylic acids is 2. The Morgan fingerprint density at radius 3 is 2.45 bits per heavy atom. The van der Waals surface area contributed by atoms with E-state index in [0.29, 0.717) is 15.6 Å². The Labute approximate surface area is 174 Å². The molecule has 29 heavy (non-hydrogen) atoms. The molecule has 0 aliphatic heterocycles. The van der Waals surface area contributed by atoms with Crippen LogP contribution in [0.25, 0.3) is 0 Å². The number of guanidine groups is 1. The zero-order chi connectivity index (χ0) is 21.6. The number of benzene rings is 1. The van der Waals surface area contributed by atoms with Crippen molar-refractivity contribution in [2.75, 3.05) is 33.2 Å². The quantitative estimate of drug-likeness (QED) is 0.125. The molecule has 0 saturated heterocycles. The van der Waals surface area contributed by atoms with Gasteiger partial charge in [-0.25, -0.2) is 9.79 Å². The summed E-state index contributed by atoms with van der Waals surface area (Å²) in [5.74, 6) is -0.790. The average molecular weight is 453 g/mol. The number of ether oxygens (including phenoxy) is 3. The fourth-order valence-corrected chi connectivity index (χ4v) is 2.27. The maximum Gasteiger partial charge on any atom is 0.510 e. The second kappa shape index (κ2) is 13.4. The lowest BCUT2D eigenvalue weighted by atomic mass is 10.1. The normalized spacial score (nSPS) is 10.9. The molecule has 160 valence electrons. The van der Waals surface area contributed by atoms with Gasteiger partial charge in [0, 0.05) is 10.0 Å². The van der Waals surface area contributed by atoms with Gasteiger partial charge >= 0.3 is 6.16 Å². The molecular weight excluding hydrogens is 435 g/mol. The predicted molar refractivity (Wildman–Crippen MR) is 101 cm³/mol. The lowest BCUT2D eigenvalue weighted by Crippen LogP contribution is -2.38. The molecule has 1 amide bonds. The topological polar surface area (TPSA) is 165 Å². The number of nitrogens with zero attached hydrogens (tertiary/aromatic N) is 2. The molecule has 0 unspecified atom stereocenters. The zero-order valence-electron chi connectivity index (χ0n) is 15.0. The molecule has 0 radical (unpaired) electrons. The van der Waals surface area contributed by atoms with E-state index in [1.165, 1.54) is 0 Å². The van der Waals surface area contributed by atoms with Gasteiger partial charge in [0.1, 0.15) is 13.2 Å². The predicted octanol–water partition coefficient (Wildman–Crippen LogP) is 1.30. The minimum atomic E-state index is -1.04. The highest BCUT2D eigenvalue weighted by Crippen LogP contribution is 2.24. The third-order valence-electron chi connectivity index (χ3n) is 2.96. The largest absolute Gasteiger partial charge is 0.510 e. The Hall–Kier alpha value is -2.83. The van der Waals surface area contributed by atoms with Gasteiger partial charge < -0.3 is 24.8 Å². The van der Waals surface area contributed by atoms with Gasteiger partial charge in [-0.2, -0.15) is 0 Å². The van der Waals surface area contributed by atoms with Crippen molar-refractivity contribution in [3.63, 3.8) is 0 Å². The SMILES string of the molecule is N/C(=N\COC(=O)OCCOCCO[N+](=O)[O-])NC(=O)Cc1c(Cl)cccc1Cl. The number of amides is 1. The van der Waals surface area contributed by atoms with Crippen LogP contribution in [-0.2, 0) is 30.3 Å². The first-order valence-corrected chi connectivity index (χ1v) is 8.72. The summed E-state index contributed by atoms with van der Waals surface area (Å²) in [6, 6.07) is 4.84. The van der Waals surface area contributed by atoms with Crippen molar-refractivity contribution in [1.29, 1.82) is 0 Å². The van der Waals surface area contributed by atoms with Crippen molar-refractivity contribution in [1.82, 2.24) is 5.32 Å². The molecule has 1 aromatic carbocycles. The summed E-state index contributed by atoms with van der Waals surface area (Å²) >= 11 is 12.0. The van der Waals surface area contributed by atoms with E-state index >= 15 is 0 Å². The average Bonchev–Trinajstić information content (AvgIpc) is 2.63. The van der Waals surface area contributed by atoms with Crippen LogP contribution in [0.1, 0.15) is 5.56 Å². The number of hydrogen-bond acceptors (Lipinski definition) is 9. The lowest BCUT2D eigenvalue weighted by Gasteiger charge is -2.08. The van der Waals surface area contributed by atoms with Crippen LogP contribution in [0.5, 0.6) is 0 Å². The van der Waals surface area contributed by atoms with Crippen molar-refractivity contribution < 1.29 is 33.7 Å². The van der Waals surface area contributed by atoms with E-state index in [9.17, 15) is 19.7 Å². The summed E-state index contributed by atoms with van der Waals surface area (Å²) in [6.45, 7) is -0.928. The van der Waals surface area contributed by atoms with E-state index < -0.39 is 23.9 Å². The van der Waals surface area contributed by atoms with Crippen LogP contribution in [-0.4, -0.2) is 56.3 Å². The third kappa shape index (κ3) is 10.9. The standard InChI is InChI=1S/C15H18Cl2N4O8/c16-11-2-1-3-12(17)10(11)8-13(22)20-14(18)19-9-28-15(23)27-6-4-26-5-7-29-21(24)25/h1-3H,4-9H2,(H3,18,19,20,22). The van der Waals surface area contributed by atoms with Crippen molar-refractivity contribution in [3.05, 3.63) is 43.9 Å². The highest BCUT2D eigenvalue weighted by Gasteiger charge is 2.11. The number of aliphatic imine (C=N–C) groups is 1. The monoisotopic (exact) mass is 452 g/mol. The van der Waals surface area contributed by atoms with E-state index in [2.05, 4.69) is 24.6 Å². The Morgan fingerprint density at radius 2 is 1.79 bits per heavy atom. The van der Waals surface area contributed by atoms with E-state index in [0.717, 1.165) is 0 Å². The number of halogens is 2. The molecule has 0 saturated carbocycles. The molecule has 1 aromatic rings. The van der Waals surface area contributed by atoms with Gasteiger partial charge in [0.25, 0.3) is 5.09 Å². The second-order valence-corrected chi connectivity index (χ2v) is 5.82. The molecule has 0 aliphatic carbocycles. The van der Waals surface area contributed by atoms with Crippen LogP contribution < -0.4 is 11.1 Å². The van der Waals surface area contributed by atoms with Gasteiger partial charge in [-0.05, 0) is 17.7 Å². The van der Waals surface area contributed by atoms with Gasteiger partial charge in [0.2, 0.25) is 5.91 Å². The van der Waals surface area contributed by atoms with Crippen molar-refractivity contribution in [2.45, 2.75) is 6.42 Å². The minimum Gasteiger partial charge on any atom is -0.432 e. The van der Waals surface area contributed by atoms with Crippen LogP contribution in [0.2, 0.25) is 10.0 Å². The Kier molecular flexibility index (Phi) is 11.2. The maximum absolute atomic E-state index is 11.9. The first-order valence-electron chi connectivity index (χ1n) is 7.97. The number of nitrogens with one attached hydrogen (secondary N) is 1. The van der Waals surface area contributed by atoms with Crippen LogP contribution in [0, 0.1) is 10.1 Å². The summed E-state index contributed by atoms with van der Waals surface area (Å²) in [7, 11) is 0. The molecule has 1 rings (SSSR count). The van der Waals surface area contributed by atoms with Crippen molar-refractivity contribution in [3.8, 4) is 0 Å². The number of carbonyl (C=O) groups is 2. The van der Waals surface area contributed by atoms with Gasteiger partial charge in [-0.3, -0.25) is 10.1 Å². The van der Waals surface area contributed by atoms with Crippen LogP contribution in [0.3, 0.4) is 0 Å². The third-order valence-corrected chi connectivity index (χ3v) is 3.66. The van der Waals surface area contributed by atoms with Gasteiger partial charge in [-0.1, -0.05) is 29.3 Å². The fourth-order valence-electron chi connectivity index (χ4n) is 1.74. The summed E-state index contributed by atoms with van der Waals surface area (Å²) < 4.78 is 14.2. The smallest absolute Gasteiger partial charge is 0.432 e. The van der Waals surface area contributed by atoms with Gasteiger partial charge in [0.15, 0.2) is 12.7 Å². The lowest BCUT2D eigenvalue weighted by molar-refractivity contribution is -0.758. The molecule has 0 aromatic heterocycles. The maximum atomic E-state index is 11.9. The Balaban J connectivity index is 2.20. The Morgan fingerprint density at radius 1 is 1.14 bits per heavy atom. The summed E-state index contributed by atoms with van der Waals surface area (Å²) in [5, 5.41) is 11.9. The summed E-state index contributed by atoms with van der Waals surface area (Å²) in [4.78, 5) is 40.8. The number of hydrogen-bond donors (Lipinski definition) is 2. The van der Waals surface area contributed by atoms with Crippen LogP contribution in [0.4, 0.5) is 4.79 Å². The molecule has 3 N–H and O–H groups in total. The molecule has 0 atom stereocenters. The zero-order valence-corrected chi connectivity index (χ0v) is 16.5. The number of rotatable bonds is 11.